The second kappa shape index (κ2) is 5.64. The van der Waals surface area contributed by atoms with Crippen molar-refractivity contribution in [2.75, 3.05) is 0 Å². The molecule has 7 heteroatoms. The highest BCUT2D eigenvalue weighted by atomic mass is 35.5. The van der Waals surface area contributed by atoms with Crippen LogP contribution in [0.1, 0.15) is 5.56 Å². The molecule has 0 bridgehead atoms. The molecule has 0 saturated carbocycles. The van der Waals surface area contributed by atoms with E-state index in [0.29, 0.717) is 11.3 Å². The van der Waals surface area contributed by atoms with Gasteiger partial charge in [0.05, 0.1) is 22.7 Å². The van der Waals surface area contributed by atoms with E-state index in [0.717, 1.165) is 0 Å². The number of aliphatic hydroxyl groups excluding tert-OH is 1. The monoisotopic (exact) mass is 280 g/mol. The molecule has 1 aromatic heterocycles. The van der Waals surface area contributed by atoms with Crippen molar-refractivity contribution < 1.29 is 14.8 Å². The van der Waals surface area contributed by atoms with Crippen LogP contribution in [-0.2, 0) is 6.61 Å². The predicted molar refractivity (Wildman–Crippen MR) is 68.3 cm³/mol. The highest BCUT2D eigenvalue weighted by molar-refractivity contribution is 6.30. The van der Waals surface area contributed by atoms with Gasteiger partial charge < -0.3 is 9.84 Å². The molecule has 19 heavy (non-hydrogen) atoms. The molecule has 0 unspecified atom stereocenters. The normalized spacial score (nSPS) is 10.2. The Hall–Kier alpha value is -2.18. The number of aliphatic hydroxyl groups is 1. The quantitative estimate of drug-likeness (QED) is 0.687. The van der Waals surface area contributed by atoms with E-state index in [4.69, 9.17) is 21.4 Å². The summed E-state index contributed by atoms with van der Waals surface area (Å²) in [4.78, 5) is 14.0. The first-order valence-electron chi connectivity index (χ1n) is 5.27. The minimum absolute atomic E-state index is 0.145. The summed E-state index contributed by atoms with van der Waals surface area (Å²) in [6.45, 7) is -0.145. The Bertz CT molecular complexity index is 618. The van der Waals surface area contributed by atoms with Crippen molar-refractivity contribution in [1.29, 1.82) is 0 Å². The van der Waals surface area contributed by atoms with Gasteiger partial charge >= 0.3 is 5.69 Å². The van der Waals surface area contributed by atoms with Crippen molar-refractivity contribution in [2.24, 2.45) is 0 Å². The topological polar surface area (TPSA) is 85.5 Å². The van der Waals surface area contributed by atoms with Crippen LogP contribution in [0.15, 0.2) is 36.5 Å². The first-order chi connectivity index (χ1) is 9.10. The molecule has 1 aromatic carbocycles. The molecule has 0 atom stereocenters. The average molecular weight is 281 g/mol. The molecule has 0 spiro atoms. The lowest BCUT2D eigenvalue weighted by Crippen LogP contribution is -1.96. The maximum atomic E-state index is 10.9. The van der Waals surface area contributed by atoms with E-state index in [1.54, 1.807) is 24.3 Å². The lowest BCUT2D eigenvalue weighted by molar-refractivity contribution is -0.386. The van der Waals surface area contributed by atoms with Crippen LogP contribution in [0.5, 0.6) is 11.6 Å². The summed E-state index contributed by atoms with van der Waals surface area (Å²) in [6, 6.07) is 7.72. The molecular weight excluding hydrogens is 272 g/mol. The molecule has 98 valence electrons. The Morgan fingerprint density at radius 3 is 2.89 bits per heavy atom. The summed E-state index contributed by atoms with van der Waals surface area (Å²) in [7, 11) is 0. The summed E-state index contributed by atoms with van der Waals surface area (Å²) in [5.41, 5.74) is 0.316. The zero-order chi connectivity index (χ0) is 13.8. The van der Waals surface area contributed by atoms with Crippen molar-refractivity contribution in [1.82, 2.24) is 4.98 Å². The lowest BCUT2D eigenvalue weighted by Gasteiger charge is -2.06. The molecule has 0 aliphatic carbocycles. The van der Waals surface area contributed by atoms with Gasteiger partial charge in [-0.3, -0.25) is 10.1 Å². The van der Waals surface area contributed by atoms with Crippen molar-refractivity contribution in [3.63, 3.8) is 0 Å². The van der Waals surface area contributed by atoms with Crippen LogP contribution in [0, 0.1) is 10.1 Å². The number of halogens is 1. The standard InChI is InChI=1S/C12H9ClN2O4/c13-9-5-11(15(17)18)12(14-6-9)19-10-3-1-2-8(4-10)7-16/h1-6,16H,7H2. The second-order valence-electron chi connectivity index (χ2n) is 3.64. The zero-order valence-corrected chi connectivity index (χ0v) is 10.4. The third kappa shape index (κ3) is 3.18. The average Bonchev–Trinajstić information content (AvgIpc) is 2.41. The largest absolute Gasteiger partial charge is 0.434 e. The van der Waals surface area contributed by atoms with Gasteiger partial charge in [-0.15, -0.1) is 0 Å². The van der Waals surface area contributed by atoms with Gasteiger partial charge in [0, 0.05) is 6.07 Å². The van der Waals surface area contributed by atoms with E-state index in [-0.39, 0.29) is 23.2 Å². The van der Waals surface area contributed by atoms with Crippen LogP contribution in [0.25, 0.3) is 0 Å². The van der Waals surface area contributed by atoms with Gasteiger partial charge in [-0.1, -0.05) is 23.7 Å². The lowest BCUT2D eigenvalue weighted by atomic mass is 10.2. The van der Waals surface area contributed by atoms with Crippen LogP contribution in [0.3, 0.4) is 0 Å². The van der Waals surface area contributed by atoms with E-state index in [1.807, 2.05) is 0 Å². The van der Waals surface area contributed by atoms with Crippen LogP contribution >= 0.6 is 11.6 Å². The number of ether oxygens (including phenoxy) is 1. The highest BCUT2D eigenvalue weighted by Crippen LogP contribution is 2.31. The molecule has 0 aliphatic heterocycles. The SMILES string of the molecule is O=[N+]([O-])c1cc(Cl)cnc1Oc1cccc(CO)c1. The first-order valence-corrected chi connectivity index (χ1v) is 5.65. The smallest absolute Gasteiger partial charge is 0.332 e. The summed E-state index contributed by atoms with van der Waals surface area (Å²) in [6.07, 6.45) is 1.26. The molecular formula is C12H9ClN2O4. The Kier molecular flexibility index (Phi) is 3.94. The van der Waals surface area contributed by atoms with Gasteiger partial charge in [-0.2, -0.15) is 0 Å². The van der Waals surface area contributed by atoms with Gasteiger partial charge in [-0.05, 0) is 17.7 Å². The van der Waals surface area contributed by atoms with Crippen LogP contribution in [0.4, 0.5) is 5.69 Å². The van der Waals surface area contributed by atoms with Gasteiger partial charge in [0.15, 0.2) is 0 Å². The Balaban J connectivity index is 2.34. The molecule has 0 saturated heterocycles. The first kappa shape index (κ1) is 13.3. The van der Waals surface area contributed by atoms with E-state index in [9.17, 15) is 10.1 Å². The third-order valence-electron chi connectivity index (χ3n) is 2.29. The Morgan fingerprint density at radius 2 is 2.21 bits per heavy atom. The number of benzene rings is 1. The van der Waals surface area contributed by atoms with Crippen LogP contribution < -0.4 is 4.74 Å². The van der Waals surface area contributed by atoms with Crippen LogP contribution in [-0.4, -0.2) is 15.0 Å². The molecule has 0 aliphatic rings. The summed E-state index contributed by atoms with van der Waals surface area (Å²) in [5, 5.41) is 20.0. The molecule has 2 aromatic rings. The zero-order valence-electron chi connectivity index (χ0n) is 9.62. The number of nitro groups is 1. The third-order valence-corrected chi connectivity index (χ3v) is 2.50. The Labute approximate surface area is 113 Å². The maximum Gasteiger partial charge on any atom is 0.332 e. The van der Waals surface area contributed by atoms with E-state index in [2.05, 4.69) is 4.98 Å². The number of nitrogens with zero attached hydrogens (tertiary/aromatic N) is 2. The molecule has 2 rings (SSSR count). The van der Waals surface area contributed by atoms with Gasteiger partial charge in [0.25, 0.3) is 5.88 Å². The predicted octanol–water partition coefficient (Wildman–Crippen LogP) is 2.93. The number of hydrogen-bond acceptors (Lipinski definition) is 5. The molecule has 0 amide bonds. The molecule has 1 heterocycles. The minimum Gasteiger partial charge on any atom is -0.434 e. The fourth-order valence-corrected chi connectivity index (χ4v) is 1.60. The van der Waals surface area contributed by atoms with Crippen molar-refractivity contribution in [3.05, 3.63) is 57.2 Å². The molecule has 0 fully saturated rings. The maximum absolute atomic E-state index is 10.9. The number of pyridine rings is 1. The summed E-state index contributed by atoms with van der Waals surface area (Å²) in [5.74, 6) is 0.203. The molecule has 6 nitrogen and oxygen atoms in total. The van der Waals surface area contributed by atoms with Gasteiger partial charge in [0.2, 0.25) is 0 Å². The second-order valence-corrected chi connectivity index (χ2v) is 4.08. The summed E-state index contributed by atoms with van der Waals surface area (Å²) >= 11 is 5.66. The van der Waals surface area contributed by atoms with E-state index < -0.39 is 4.92 Å². The fourth-order valence-electron chi connectivity index (χ4n) is 1.44. The van der Waals surface area contributed by atoms with E-state index >= 15 is 0 Å². The number of aromatic nitrogens is 1. The summed E-state index contributed by atoms with van der Waals surface area (Å²) < 4.78 is 5.35. The van der Waals surface area contributed by atoms with Gasteiger partial charge in [0.1, 0.15) is 5.75 Å². The van der Waals surface area contributed by atoms with Crippen molar-refractivity contribution in [2.45, 2.75) is 6.61 Å². The van der Waals surface area contributed by atoms with Gasteiger partial charge in [-0.25, -0.2) is 4.98 Å². The molecule has 1 N–H and O–H groups in total. The Morgan fingerprint density at radius 1 is 1.42 bits per heavy atom. The van der Waals surface area contributed by atoms with E-state index in [1.165, 1.54) is 12.3 Å². The minimum atomic E-state index is -0.621. The fraction of sp³-hybridized carbons (Fsp3) is 0.0833. The van der Waals surface area contributed by atoms with Crippen molar-refractivity contribution in [3.8, 4) is 11.6 Å². The number of hydrogen-bond donors (Lipinski definition) is 1. The highest BCUT2D eigenvalue weighted by Gasteiger charge is 2.18. The van der Waals surface area contributed by atoms with Crippen LogP contribution in [0.2, 0.25) is 5.02 Å². The van der Waals surface area contributed by atoms with Crippen molar-refractivity contribution >= 4 is 17.3 Å². The molecule has 0 radical (unpaired) electrons. The number of rotatable bonds is 4.